The number of hydrogen-bond acceptors (Lipinski definition) is 2. The molecule has 0 aliphatic carbocycles. The molecule has 2 rings (SSSR count). The average Bonchev–Trinajstić information content (AvgIpc) is 2.28. The van der Waals surface area contributed by atoms with Gasteiger partial charge in [-0.05, 0) is 35.6 Å². The van der Waals surface area contributed by atoms with E-state index >= 15 is 0 Å². The quantitative estimate of drug-likeness (QED) is 0.780. The van der Waals surface area contributed by atoms with Crippen LogP contribution in [0.2, 0.25) is 0 Å². The van der Waals surface area contributed by atoms with Crippen molar-refractivity contribution in [3.63, 3.8) is 0 Å². The lowest BCUT2D eigenvalue weighted by atomic mass is 10.0. The molecule has 3 nitrogen and oxygen atoms in total. The Balaban J connectivity index is 2.63. The van der Waals surface area contributed by atoms with Crippen LogP contribution in [0.25, 0.3) is 16.8 Å². The van der Waals surface area contributed by atoms with Crippen LogP contribution in [0.3, 0.4) is 0 Å². The Bertz CT molecular complexity index is 573. The van der Waals surface area contributed by atoms with Crippen molar-refractivity contribution < 1.29 is 9.90 Å². The van der Waals surface area contributed by atoms with Gasteiger partial charge in [-0.25, -0.2) is 4.79 Å². The SMILES string of the molecule is Cc1ccc(/C=C/C(=O)O)c2ccncc12. The molecule has 0 radical (unpaired) electrons. The maximum atomic E-state index is 10.5. The van der Waals surface area contributed by atoms with Crippen molar-refractivity contribution in [2.45, 2.75) is 6.92 Å². The van der Waals surface area contributed by atoms with E-state index in [9.17, 15) is 4.79 Å². The molecule has 16 heavy (non-hydrogen) atoms. The van der Waals surface area contributed by atoms with E-state index in [1.165, 1.54) is 0 Å². The topological polar surface area (TPSA) is 50.2 Å². The predicted molar refractivity (Wildman–Crippen MR) is 63.1 cm³/mol. The molecule has 0 bridgehead atoms. The van der Waals surface area contributed by atoms with Gasteiger partial charge in [-0.15, -0.1) is 0 Å². The fraction of sp³-hybridized carbons (Fsp3) is 0.0769. The number of carboxylic acid groups (broad SMARTS) is 1. The van der Waals surface area contributed by atoms with Crippen LogP contribution in [-0.4, -0.2) is 16.1 Å². The molecule has 1 aromatic heterocycles. The highest BCUT2D eigenvalue weighted by atomic mass is 16.4. The summed E-state index contributed by atoms with van der Waals surface area (Å²) in [6, 6.07) is 5.77. The molecule has 1 heterocycles. The lowest BCUT2D eigenvalue weighted by Gasteiger charge is -2.04. The number of aliphatic carboxylic acids is 1. The molecule has 0 unspecified atom stereocenters. The van der Waals surface area contributed by atoms with Crippen molar-refractivity contribution in [1.82, 2.24) is 4.98 Å². The Morgan fingerprint density at radius 3 is 2.88 bits per heavy atom. The largest absolute Gasteiger partial charge is 0.478 e. The van der Waals surface area contributed by atoms with E-state index < -0.39 is 5.97 Å². The normalized spacial score (nSPS) is 11.1. The standard InChI is InChI=1S/C13H11NO2/c1-9-2-3-10(4-5-13(15)16)11-6-7-14-8-12(9)11/h2-8H,1H3,(H,15,16)/b5-4+. The number of aromatic nitrogens is 1. The number of fused-ring (bicyclic) bond motifs is 1. The van der Waals surface area contributed by atoms with Crippen LogP contribution >= 0.6 is 0 Å². The average molecular weight is 213 g/mol. The Kier molecular flexibility index (Phi) is 2.68. The molecular weight excluding hydrogens is 202 g/mol. The number of rotatable bonds is 2. The van der Waals surface area contributed by atoms with E-state index in [4.69, 9.17) is 5.11 Å². The highest BCUT2D eigenvalue weighted by Crippen LogP contribution is 2.22. The van der Waals surface area contributed by atoms with Crippen LogP contribution in [0, 0.1) is 6.92 Å². The number of benzene rings is 1. The first-order valence-corrected chi connectivity index (χ1v) is 4.93. The number of pyridine rings is 1. The molecule has 0 fully saturated rings. The van der Waals surface area contributed by atoms with Crippen LogP contribution in [0.1, 0.15) is 11.1 Å². The van der Waals surface area contributed by atoms with Gasteiger partial charge in [-0.1, -0.05) is 12.1 Å². The molecule has 1 N–H and O–H groups in total. The number of nitrogens with zero attached hydrogens (tertiary/aromatic N) is 1. The van der Waals surface area contributed by atoms with E-state index in [-0.39, 0.29) is 0 Å². The summed E-state index contributed by atoms with van der Waals surface area (Å²) < 4.78 is 0. The molecule has 0 saturated heterocycles. The van der Waals surface area contributed by atoms with E-state index in [0.29, 0.717) is 0 Å². The van der Waals surface area contributed by atoms with Gasteiger partial charge in [-0.3, -0.25) is 4.98 Å². The highest BCUT2D eigenvalue weighted by molar-refractivity contribution is 5.95. The molecule has 80 valence electrons. The second-order valence-corrected chi connectivity index (χ2v) is 3.56. The van der Waals surface area contributed by atoms with Gasteiger partial charge in [0, 0.05) is 23.9 Å². The Hall–Kier alpha value is -2.16. The minimum absolute atomic E-state index is 0.894. The first-order chi connectivity index (χ1) is 7.68. The van der Waals surface area contributed by atoms with E-state index in [0.717, 1.165) is 28.0 Å². The van der Waals surface area contributed by atoms with Crippen LogP contribution in [0.4, 0.5) is 0 Å². The van der Waals surface area contributed by atoms with Crippen LogP contribution in [0.5, 0.6) is 0 Å². The van der Waals surface area contributed by atoms with Crippen molar-refractivity contribution in [2.24, 2.45) is 0 Å². The van der Waals surface area contributed by atoms with Crippen LogP contribution in [0.15, 0.2) is 36.7 Å². The molecule has 0 saturated carbocycles. The van der Waals surface area contributed by atoms with Crippen molar-refractivity contribution in [1.29, 1.82) is 0 Å². The highest BCUT2D eigenvalue weighted by Gasteiger charge is 2.01. The van der Waals surface area contributed by atoms with Gasteiger partial charge >= 0.3 is 5.97 Å². The van der Waals surface area contributed by atoms with E-state index in [2.05, 4.69) is 4.98 Å². The monoisotopic (exact) mass is 213 g/mol. The summed E-state index contributed by atoms with van der Waals surface area (Å²) in [5, 5.41) is 10.7. The lowest BCUT2D eigenvalue weighted by Crippen LogP contribution is -1.87. The number of hydrogen-bond donors (Lipinski definition) is 1. The summed E-state index contributed by atoms with van der Waals surface area (Å²) >= 11 is 0. The minimum atomic E-state index is -0.942. The van der Waals surface area contributed by atoms with E-state index in [1.807, 2.05) is 25.1 Å². The summed E-state index contributed by atoms with van der Waals surface area (Å²) in [4.78, 5) is 14.5. The predicted octanol–water partition coefficient (Wildman–Crippen LogP) is 2.64. The van der Waals surface area contributed by atoms with E-state index in [1.54, 1.807) is 18.5 Å². The third-order valence-corrected chi connectivity index (χ3v) is 2.48. The molecule has 0 aliphatic rings. The minimum Gasteiger partial charge on any atom is -0.478 e. The van der Waals surface area contributed by atoms with Gasteiger partial charge in [0.1, 0.15) is 0 Å². The van der Waals surface area contributed by atoms with Crippen molar-refractivity contribution in [3.05, 3.63) is 47.8 Å². The van der Waals surface area contributed by atoms with Crippen molar-refractivity contribution >= 4 is 22.8 Å². The van der Waals surface area contributed by atoms with Crippen molar-refractivity contribution in [2.75, 3.05) is 0 Å². The lowest BCUT2D eigenvalue weighted by molar-refractivity contribution is -0.131. The number of carbonyl (C=O) groups is 1. The molecule has 1 aromatic carbocycles. The van der Waals surface area contributed by atoms with Gasteiger partial charge in [0.15, 0.2) is 0 Å². The fourth-order valence-electron chi connectivity index (χ4n) is 1.66. The van der Waals surface area contributed by atoms with Gasteiger partial charge in [-0.2, -0.15) is 0 Å². The molecule has 0 amide bonds. The van der Waals surface area contributed by atoms with Gasteiger partial charge in [0.2, 0.25) is 0 Å². The number of aryl methyl sites for hydroxylation is 1. The smallest absolute Gasteiger partial charge is 0.328 e. The summed E-state index contributed by atoms with van der Waals surface area (Å²) in [6.45, 7) is 2.01. The molecule has 0 atom stereocenters. The van der Waals surface area contributed by atoms with Gasteiger partial charge in [0.25, 0.3) is 0 Å². The summed E-state index contributed by atoms with van der Waals surface area (Å²) in [6.07, 6.45) is 6.25. The summed E-state index contributed by atoms with van der Waals surface area (Å²) in [5.41, 5.74) is 2.03. The van der Waals surface area contributed by atoms with Crippen LogP contribution in [-0.2, 0) is 4.79 Å². The Morgan fingerprint density at radius 2 is 2.12 bits per heavy atom. The first-order valence-electron chi connectivity index (χ1n) is 4.93. The summed E-state index contributed by atoms with van der Waals surface area (Å²) in [7, 11) is 0. The third kappa shape index (κ3) is 1.93. The molecule has 2 aromatic rings. The zero-order valence-corrected chi connectivity index (χ0v) is 8.84. The summed E-state index contributed by atoms with van der Waals surface area (Å²) in [5.74, 6) is -0.942. The Morgan fingerprint density at radius 1 is 1.31 bits per heavy atom. The maximum absolute atomic E-state index is 10.5. The maximum Gasteiger partial charge on any atom is 0.328 e. The van der Waals surface area contributed by atoms with Gasteiger partial charge in [0.05, 0.1) is 0 Å². The Labute approximate surface area is 93.1 Å². The molecular formula is C13H11NO2. The second-order valence-electron chi connectivity index (χ2n) is 3.56. The first kappa shape index (κ1) is 10.4. The third-order valence-electron chi connectivity index (χ3n) is 2.48. The van der Waals surface area contributed by atoms with Crippen molar-refractivity contribution in [3.8, 4) is 0 Å². The van der Waals surface area contributed by atoms with Crippen LogP contribution < -0.4 is 0 Å². The number of carboxylic acids is 1. The van der Waals surface area contributed by atoms with Gasteiger partial charge < -0.3 is 5.11 Å². The molecule has 3 heteroatoms. The molecule has 0 aliphatic heterocycles. The molecule has 0 spiro atoms. The zero-order valence-electron chi connectivity index (χ0n) is 8.84. The second kappa shape index (κ2) is 4.14. The fourth-order valence-corrected chi connectivity index (χ4v) is 1.66. The zero-order chi connectivity index (χ0) is 11.5.